The lowest BCUT2D eigenvalue weighted by atomic mass is 9.85. The molecule has 112 valence electrons. The van der Waals surface area contributed by atoms with Gasteiger partial charge in [0.25, 0.3) is 0 Å². The molecule has 4 nitrogen and oxygen atoms in total. The second-order valence-corrected chi connectivity index (χ2v) is 6.80. The first-order valence-electron chi connectivity index (χ1n) is 7.06. The van der Waals surface area contributed by atoms with Crippen LogP contribution in [0.1, 0.15) is 11.3 Å². The summed E-state index contributed by atoms with van der Waals surface area (Å²) in [6.45, 7) is 0. The third-order valence-electron chi connectivity index (χ3n) is 4.11. The standard InChI is InChI=1S/C17H14O4S/c18-15-11(8-17(20)9-13(15)21-16(17)19)5-6-12-7-10-3-1-2-4-14(10)22-12/h1-8,13,15,18,20H,9H2/b6-5+/t13?,15-,17+/m1/s1. The van der Waals surface area contributed by atoms with E-state index in [1.807, 2.05) is 24.3 Å². The van der Waals surface area contributed by atoms with Gasteiger partial charge in [-0.05, 0) is 35.2 Å². The number of hydrogen-bond acceptors (Lipinski definition) is 5. The van der Waals surface area contributed by atoms with Crippen LogP contribution >= 0.6 is 11.3 Å². The monoisotopic (exact) mass is 314 g/mol. The molecule has 1 fully saturated rings. The maximum Gasteiger partial charge on any atom is 0.342 e. The average molecular weight is 314 g/mol. The first-order chi connectivity index (χ1) is 10.5. The smallest absolute Gasteiger partial charge is 0.342 e. The Bertz CT molecular complexity index is 786. The Morgan fingerprint density at radius 3 is 2.95 bits per heavy atom. The van der Waals surface area contributed by atoms with Crippen molar-refractivity contribution >= 4 is 33.5 Å². The van der Waals surface area contributed by atoms with E-state index >= 15 is 0 Å². The van der Waals surface area contributed by atoms with Crippen LogP contribution in [0.2, 0.25) is 0 Å². The van der Waals surface area contributed by atoms with Crippen LogP contribution in [-0.2, 0) is 9.53 Å². The third kappa shape index (κ3) is 2.09. The molecule has 1 aliphatic heterocycles. The minimum Gasteiger partial charge on any atom is -0.457 e. The van der Waals surface area contributed by atoms with Crippen molar-refractivity contribution in [2.24, 2.45) is 0 Å². The molecule has 1 saturated heterocycles. The van der Waals surface area contributed by atoms with Crippen molar-refractivity contribution in [2.45, 2.75) is 24.2 Å². The second-order valence-electron chi connectivity index (χ2n) is 5.68. The summed E-state index contributed by atoms with van der Waals surface area (Å²) < 4.78 is 6.20. The minimum absolute atomic E-state index is 0.118. The zero-order valence-corrected chi connectivity index (χ0v) is 12.4. The van der Waals surface area contributed by atoms with E-state index in [1.165, 1.54) is 16.2 Å². The molecule has 2 bridgehead atoms. The average Bonchev–Trinajstić information content (AvgIpc) is 3.02. The van der Waals surface area contributed by atoms with Crippen molar-refractivity contribution in [1.29, 1.82) is 0 Å². The van der Waals surface area contributed by atoms with E-state index in [0.29, 0.717) is 5.57 Å². The molecule has 1 aromatic heterocycles. The summed E-state index contributed by atoms with van der Waals surface area (Å²) in [7, 11) is 0. The van der Waals surface area contributed by atoms with Crippen molar-refractivity contribution in [3.8, 4) is 0 Å². The van der Waals surface area contributed by atoms with Crippen molar-refractivity contribution in [1.82, 2.24) is 0 Å². The Labute approximate surface area is 131 Å². The Hall–Kier alpha value is -1.95. The highest BCUT2D eigenvalue weighted by Crippen LogP contribution is 2.37. The SMILES string of the molecule is O=C1OC2C[C@@]1(O)C=C(/C=C/c1cc3ccccc3s1)[C@H]2O. The fourth-order valence-corrected chi connectivity index (χ4v) is 3.92. The van der Waals surface area contributed by atoms with E-state index in [9.17, 15) is 15.0 Å². The molecule has 22 heavy (non-hydrogen) atoms. The van der Waals surface area contributed by atoms with Gasteiger partial charge in [-0.1, -0.05) is 24.3 Å². The largest absolute Gasteiger partial charge is 0.457 e. The normalized spacial score (nSPS) is 30.8. The van der Waals surface area contributed by atoms with Crippen LogP contribution in [0.3, 0.4) is 0 Å². The molecule has 2 aromatic rings. The first kappa shape index (κ1) is 13.7. The third-order valence-corrected chi connectivity index (χ3v) is 5.19. The maximum atomic E-state index is 11.6. The lowest BCUT2D eigenvalue weighted by Crippen LogP contribution is -2.37. The number of benzene rings is 1. The number of esters is 1. The highest BCUT2D eigenvalue weighted by molar-refractivity contribution is 7.19. The molecular formula is C17H14O4S. The number of fused-ring (bicyclic) bond motifs is 3. The van der Waals surface area contributed by atoms with Crippen LogP contribution in [0, 0.1) is 0 Å². The van der Waals surface area contributed by atoms with Gasteiger partial charge >= 0.3 is 5.97 Å². The number of carbonyl (C=O) groups excluding carboxylic acids is 1. The summed E-state index contributed by atoms with van der Waals surface area (Å²) in [6, 6.07) is 10.2. The van der Waals surface area contributed by atoms with Crippen LogP contribution in [-0.4, -0.2) is 34.0 Å². The summed E-state index contributed by atoms with van der Waals surface area (Å²) in [5.41, 5.74) is -1.08. The van der Waals surface area contributed by atoms with E-state index in [1.54, 1.807) is 17.4 Å². The van der Waals surface area contributed by atoms with Crippen LogP contribution in [0.15, 0.2) is 48.1 Å². The van der Waals surface area contributed by atoms with Gasteiger partial charge in [0.1, 0.15) is 12.2 Å². The molecule has 2 heterocycles. The topological polar surface area (TPSA) is 66.8 Å². The molecule has 1 aliphatic carbocycles. The van der Waals surface area contributed by atoms with Crippen molar-refractivity contribution in [2.75, 3.05) is 0 Å². The number of carbonyl (C=O) groups is 1. The van der Waals surface area contributed by atoms with E-state index in [4.69, 9.17) is 4.74 Å². The lowest BCUT2D eigenvalue weighted by molar-refractivity contribution is -0.152. The molecule has 2 N–H and O–H groups in total. The molecular weight excluding hydrogens is 300 g/mol. The fourth-order valence-electron chi connectivity index (χ4n) is 2.95. The van der Waals surface area contributed by atoms with Gasteiger partial charge in [-0.25, -0.2) is 4.79 Å². The van der Waals surface area contributed by atoms with Gasteiger partial charge < -0.3 is 14.9 Å². The highest BCUT2D eigenvalue weighted by atomic mass is 32.1. The summed E-state index contributed by atoms with van der Waals surface area (Å²) in [6.07, 6.45) is 3.61. The molecule has 0 spiro atoms. The first-order valence-corrected chi connectivity index (χ1v) is 7.88. The van der Waals surface area contributed by atoms with Gasteiger partial charge in [0.05, 0.1) is 0 Å². The molecule has 0 saturated carbocycles. The minimum atomic E-state index is -1.59. The van der Waals surface area contributed by atoms with Gasteiger partial charge in [0.2, 0.25) is 0 Å². The molecule has 2 aliphatic rings. The second kappa shape index (κ2) is 4.78. The quantitative estimate of drug-likeness (QED) is 0.835. The molecule has 3 atom stereocenters. The number of aliphatic hydroxyl groups is 2. The van der Waals surface area contributed by atoms with Crippen molar-refractivity contribution in [3.05, 3.63) is 52.9 Å². The molecule has 5 heteroatoms. The zero-order chi connectivity index (χ0) is 15.3. The van der Waals surface area contributed by atoms with Gasteiger partial charge in [0, 0.05) is 16.0 Å². The predicted octanol–water partition coefficient (Wildman–Crippen LogP) is 2.26. The number of rotatable bonds is 2. The predicted molar refractivity (Wildman–Crippen MR) is 84.4 cm³/mol. The van der Waals surface area contributed by atoms with Crippen molar-refractivity contribution in [3.63, 3.8) is 0 Å². The lowest BCUT2D eigenvalue weighted by Gasteiger charge is -2.24. The van der Waals surface area contributed by atoms with Crippen LogP contribution in [0.4, 0.5) is 0 Å². The highest BCUT2D eigenvalue weighted by Gasteiger charge is 2.52. The maximum absolute atomic E-state index is 11.6. The summed E-state index contributed by atoms with van der Waals surface area (Å²) in [5.74, 6) is -0.679. The number of ether oxygens (including phenoxy) is 1. The number of hydrogen-bond donors (Lipinski definition) is 2. The van der Waals surface area contributed by atoms with Gasteiger partial charge in [-0.15, -0.1) is 11.3 Å². The van der Waals surface area contributed by atoms with Crippen LogP contribution < -0.4 is 0 Å². The zero-order valence-electron chi connectivity index (χ0n) is 11.6. The summed E-state index contributed by atoms with van der Waals surface area (Å²) in [4.78, 5) is 12.7. The molecule has 0 amide bonds. The Kier molecular flexibility index (Phi) is 2.97. The molecule has 0 radical (unpaired) electrons. The van der Waals surface area contributed by atoms with Gasteiger partial charge in [-0.3, -0.25) is 0 Å². The van der Waals surface area contributed by atoms with Crippen LogP contribution in [0.25, 0.3) is 16.2 Å². The van der Waals surface area contributed by atoms with Gasteiger partial charge in [-0.2, -0.15) is 0 Å². The van der Waals surface area contributed by atoms with E-state index < -0.39 is 23.8 Å². The number of thiophene rings is 1. The van der Waals surface area contributed by atoms with E-state index in [-0.39, 0.29) is 6.42 Å². The van der Waals surface area contributed by atoms with Gasteiger partial charge in [0.15, 0.2) is 5.60 Å². The Morgan fingerprint density at radius 2 is 2.14 bits per heavy atom. The van der Waals surface area contributed by atoms with E-state index in [2.05, 4.69) is 12.1 Å². The van der Waals surface area contributed by atoms with Crippen molar-refractivity contribution < 1.29 is 19.7 Å². The Balaban J connectivity index is 1.66. The number of aliphatic hydroxyl groups excluding tert-OH is 1. The summed E-state index contributed by atoms with van der Waals surface area (Å²) >= 11 is 1.65. The molecule has 1 unspecified atom stereocenters. The molecule has 4 rings (SSSR count). The fraction of sp³-hybridized carbons (Fsp3) is 0.235. The Morgan fingerprint density at radius 1 is 1.32 bits per heavy atom. The van der Waals surface area contributed by atoms with E-state index in [0.717, 1.165) is 4.88 Å². The van der Waals surface area contributed by atoms with Crippen LogP contribution in [0.5, 0.6) is 0 Å². The molecule has 1 aromatic carbocycles. The summed E-state index contributed by atoms with van der Waals surface area (Å²) in [5, 5.41) is 21.6.